The van der Waals surface area contributed by atoms with Crippen LogP contribution in [0.15, 0.2) is 53.1 Å². The number of aliphatic hydroxyl groups is 2. The number of rotatable bonds is 15. The van der Waals surface area contributed by atoms with Gasteiger partial charge in [0.25, 0.3) is 0 Å². The molecule has 1 aliphatic carbocycles. The molecule has 0 aliphatic heterocycles. The van der Waals surface area contributed by atoms with E-state index in [4.69, 9.17) is 9.84 Å². The van der Waals surface area contributed by atoms with Crippen molar-refractivity contribution in [2.24, 2.45) is 5.92 Å². The highest BCUT2D eigenvalue weighted by molar-refractivity contribution is 8.03. The van der Waals surface area contributed by atoms with Crippen LogP contribution in [0, 0.1) is 5.92 Å². The van der Waals surface area contributed by atoms with Crippen LogP contribution in [0.4, 0.5) is 0 Å². The molecule has 1 aromatic rings. The van der Waals surface area contributed by atoms with Gasteiger partial charge in [-0.15, -0.1) is 11.8 Å². The molecule has 3 N–H and O–H groups in total. The van der Waals surface area contributed by atoms with E-state index in [1.54, 1.807) is 30.3 Å². The van der Waals surface area contributed by atoms with Crippen LogP contribution in [0.1, 0.15) is 75.1 Å². The molecule has 7 heteroatoms. The fourth-order valence-corrected chi connectivity index (χ4v) is 4.97. The summed E-state index contributed by atoms with van der Waals surface area (Å²) in [5.41, 5.74) is 0.447. The molecule has 0 radical (unpaired) electrons. The highest BCUT2D eigenvalue weighted by Gasteiger charge is 2.34. The number of benzene rings is 1. The number of hydrogen-bond acceptors (Lipinski definition) is 6. The Morgan fingerprint density at radius 1 is 1.15 bits per heavy atom. The van der Waals surface area contributed by atoms with Crippen molar-refractivity contribution in [2.45, 2.75) is 76.9 Å². The minimum atomic E-state index is -0.790. The standard InChI is InChI=1S/C26H36O6S/c1-2-3-6-13-20(27)15-16-21-22(28)18-23(32-26(31)19-11-7-4-8-12-19)25(21)33-17-10-5-9-14-24(29)30/h4,7-8,11-12,15-16,20-22,27-28H,2-3,5-6,9-10,13-14,17-18H2,1H3,(H,29,30)/b16-15+/t20-,21-,22+/m0/s1. The Hall–Kier alpha value is -2.09. The van der Waals surface area contributed by atoms with Crippen molar-refractivity contribution in [2.75, 3.05) is 5.75 Å². The van der Waals surface area contributed by atoms with Crippen LogP contribution in [-0.4, -0.2) is 45.2 Å². The summed E-state index contributed by atoms with van der Waals surface area (Å²) < 4.78 is 5.69. The lowest BCUT2D eigenvalue weighted by atomic mass is 10.0. The molecule has 0 unspecified atom stereocenters. The molecule has 0 saturated heterocycles. The number of carbonyl (C=O) groups is 2. The Balaban J connectivity index is 2.07. The lowest BCUT2D eigenvalue weighted by Crippen LogP contribution is -2.14. The summed E-state index contributed by atoms with van der Waals surface area (Å²) in [6.45, 7) is 2.12. The summed E-state index contributed by atoms with van der Waals surface area (Å²) in [5.74, 6) is -0.378. The average molecular weight is 477 g/mol. The maximum Gasteiger partial charge on any atom is 0.343 e. The Labute approximate surface area is 200 Å². The smallest absolute Gasteiger partial charge is 0.343 e. The molecular weight excluding hydrogens is 440 g/mol. The second-order valence-corrected chi connectivity index (χ2v) is 9.48. The first kappa shape index (κ1) is 27.2. The van der Waals surface area contributed by atoms with Crippen molar-refractivity contribution >= 4 is 23.7 Å². The van der Waals surface area contributed by atoms with E-state index in [1.807, 2.05) is 12.1 Å². The van der Waals surface area contributed by atoms with Crippen LogP contribution in [0.25, 0.3) is 0 Å². The molecule has 0 aromatic heterocycles. The predicted octanol–water partition coefficient (Wildman–Crippen LogP) is 5.31. The number of esters is 1. The maximum atomic E-state index is 12.6. The van der Waals surface area contributed by atoms with Crippen molar-refractivity contribution < 1.29 is 29.6 Å². The monoisotopic (exact) mass is 476 g/mol. The van der Waals surface area contributed by atoms with Crippen molar-refractivity contribution in [3.8, 4) is 0 Å². The summed E-state index contributed by atoms with van der Waals surface area (Å²) in [6, 6.07) is 8.74. The van der Waals surface area contributed by atoms with Gasteiger partial charge in [0.2, 0.25) is 0 Å². The molecule has 3 atom stereocenters. The van der Waals surface area contributed by atoms with Crippen LogP contribution in [0.5, 0.6) is 0 Å². The van der Waals surface area contributed by atoms with E-state index in [2.05, 4.69) is 6.92 Å². The van der Waals surface area contributed by atoms with E-state index >= 15 is 0 Å². The van der Waals surface area contributed by atoms with E-state index in [0.29, 0.717) is 24.2 Å². The lowest BCUT2D eigenvalue weighted by molar-refractivity contribution is -0.137. The number of carboxylic acid groups (broad SMARTS) is 1. The molecule has 1 aromatic carbocycles. The molecular formula is C26H36O6S. The summed E-state index contributed by atoms with van der Waals surface area (Å²) in [6.07, 6.45) is 8.70. The Bertz CT molecular complexity index is 804. The molecule has 0 fully saturated rings. The number of aliphatic hydroxyl groups excluding tert-OH is 2. The van der Waals surface area contributed by atoms with Gasteiger partial charge in [-0.05, 0) is 37.1 Å². The van der Waals surface area contributed by atoms with Gasteiger partial charge >= 0.3 is 11.9 Å². The van der Waals surface area contributed by atoms with E-state index in [-0.39, 0.29) is 18.8 Å². The lowest BCUT2D eigenvalue weighted by Gasteiger charge is -2.15. The zero-order valence-corrected chi connectivity index (χ0v) is 20.1. The van der Waals surface area contributed by atoms with Gasteiger partial charge in [-0.2, -0.15) is 0 Å². The van der Waals surface area contributed by atoms with E-state index < -0.39 is 24.1 Å². The van der Waals surface area contributed by atoms with Gasteiger partial charge in [-0.3, -0.25) is 4.79 Å². The number of ether oxygens (including phenoxy) is 1. The number of unbranched alkanes of at least 4 members (excludes halogenated alkanes) is 4. The number of aliphatic carboxylic acids is 1. The van der Waals surface area contributed by atoms with Crippen LogP contribution >= 0.6 is 11.8 Å². The normalized spacial score (nSPS) is 19.2. The summed E-state index contributed by atoms with van der Waals surface area (Å²) in [5, 5.41) is 29.7. The van der Waals surface area contributed by atoms with Gasteiger partial charge in [0.05, 0.1) is 17.8 Å². The predicted molar refractivity (Wildman–Crippen MR) is 131 cm³/mol. The molecule has 0 bridgehead atoms. The number of hydrogen-bond donors (Lipinski definition) is 3. The van der Waals surface area contributed by atoms with Gasteiger partial charge in [-0.1, -0.05) is 63.0 Å². The Kier molecular flexibility index (Phi) is 12.3. The van der Waals surface area contributed by atoms with Crippen LogP contribution in [0.2, 0.25) is 0 Å². The summed E-state index contributed by atoms with van der Waals surface area (Å²) in [4.78, 5) is 24.1. The molecule has 33 heavy (non-hydrogen) atoms. The van der Waals surface area contributed by atoms with Crippen LogP contribution in [-0.2, 0) is 9.53 Å². The summed E-state index contributed by atoms with van der Waals surface area (Å²) >= 11 is 1.54. The van der Waals surface area contributed by atoms with E-state index in [1.165, 1.54) is 11.8 Å². The average Bonchev–Trinajstić information content (AvgIpc) is 3.09. The second-order valence-electron chi connectivity index (χ2n) is 8.34. The first-order chi connectivity index (χ1) is 15.9. The first-order valence-electron chi connectivity index (χ1n) is 11.8. The molecule has 6 nitrogen and oxygen atoms in total. The van der Waals surface area contributed by atoms with Gasteiger partial charge in [0.15, 0.2) is 0 Å². The molecule has 2 rings (SSSR count). The fourth-order valence-electron chi connectivity index (χ4n) is 3.69. The second kappa shape index (κ2) is 14.9. The third-order valence-electron chi connectivity index (χ3n) is 5.55. The number of thioether (sulfide) groups is 1. The van der Waals surface area contributed by atoms with Gasteiger partial charge in [0.1, 0.15) is 5.76 Å². The maximum absolute atomic E-state index is 12.6. The fraction of sp³-hybridized carbons (Fsp3) is 0.538. The van der Waals surface area contributed by atoms with E-state index in [9.17, 15) is 19.8 Å². The first-order valence-corrected chi connectivity index (χ1v) is 12.8. The van der Waals surface area contributed by atoms with Gasteiger partial charge in [0, 0.05) is 23.7 Å². The van der Waals surface area contributed by atoms with Crippen molar-refractivity contribution in [3.63, 3.8) is 0 Å². The van der Waals surface area contributed by atoms with E-state index in [0.717, 1.165) is 42.8 Å². The molecule has 0 spiro atoms. The Morgan fingerprint density at radius 2 is 1.91 bits per heavy atom. The SMILES string of the molecule is CCCCC[C@H](O)/C=C/[C@@H]1C(SCCCCCC(=O)O)=C(OC(=O)c2ccccc2)C[C@H]1O. The molecule has 1 aliphatic rings. The van der Waals surface area contributed by atoms with Crippen molar-refractivity contribution in [1.29, 1.82) is 0 Å². The zero-order valence-electron chi connectivity index (χ0n) is 19.3. The van der Waals surface area contributed by atoms with Gasteiger partial charge in [-0.25, -0.2) is 4.79 Å². The van der Waals surface area contributed by atoms with Crippen molar-refractivity contribution in [1.82, 2.24) is 0 Å². The quantitative estimate of drug-likeness (QED) is 0.179. The summed E-state index contributed by atoms with van der Waals surface area (Å²) in [7, 11) is 0. The topological polar surface area (TPSA) is 104 Å². The third-order valence-corrected chi connectivity index (χ3v) is 6.85. The number of carbonyl (C=O) groups excluding carboxylic acids is 1. The van der Waals surface area contributed by atoms with Crippen LogP contribution < -0.4 is 0 Å². The minimum Gasteiger partial charge on any atom is -0.481 e. The largest absolute Gasteiger partial charge is 0.481 e. The Morgan fingerprint density at radius 3 is 2.61 bits per heavy atom. The zero-order chi connectivity index (χ0) is 24.1. The molecule has 0 amide bonds. The molecule has 182 valence electrons. The molecule has 0 heterocycles. The highest BCUT2D eigenvalue weighted by Crippen LogP contribution is 2.41. The highest BCUT2D eigenvalue weighted by atomic mass is 32.2. The van der Waals surface area contributed by atoms with Gasteiger partial charge < -0.3 is 20.1 Å². The third kappa shape index (κ3) is 9.74. The minimum absolute atomic E-state index is 0.160. The number of carboxylic acids is 1. The van der Waals surface area contributed by atoms with Crippen molar-refractivity contribution in [3.05, 3.63) is 58.7 Å². The molecule has 0 saturated carbocycles. The van der Waals surface area contributed by atoms with Crippen LogP contribution in [0.3, 0.4) is 0 Å².